The molecule has 4 atom stereocenters. The van der Waals surface area contributed by atoms with Gasteiger partial charge >= 0.3 is 23.9 Å². The van der Waals surface area contributed by atoms with Crippen LogP contribution < -0.4 is 0 Å². The van der Waals surface area contributed by atoms with Crippen molar-refractivity contribution in [3.63, 3.8) is 0 Å². The van der Waals surface area contributed by atoms with Crippen LogP contribution in [0.4, 0.5) is 0 Å². The van der Waals surface area contributed by atoms with Gasteiger partial charge in [0, 0.05) is 12.8 Å². The Morgan fingerprint density at radius 3 is 1.61 bits per heavy atom. The van der Waals surface area contributed by atoms with Crippen LogP contribution in [0, 0.1) is 23.7 Å². The van der Waals surface area contributed by atoms with Crippen molar-refractivity contribution in [2.45, 2.75) is 44.1 Å². The highest BCUT2D eigenvalue weighted by molar-refractivity contribution is 5.86. The molecule has 0 aromatic carbocycles. The summed E-state index contributed by atoms with van der Waals surface area (Å²) >= 11 is 0. The Morgan fingerprint density at radius 2 is 1.23 bits per heavy atom. The van der Waals surface area contributed by atoms with E-state index in [4.69, 9.17) is 4.74 Å². The molecule has 170 valence electrons. The lowest BCUT2D eigenvalue weighted by atomic mass is 9.68. The molecule has 8 heteroatoms. The van der Waals surface area contributed by atoms with Crippen molar-refractivity contribution in [2.24, 2.45) is 23.7 Å². The van der Waals surface area contributed by atoms with Crippen LogP contribution >= 0.6 is 0 Å². The molecule has 0 saturated heterocycles. The molecule has 0 bridgehead atoms. The van der Waals surface area contributed by atoms with Gasteiger partial charge in [-0.3, -0.25) is 19.2 Å². The van der Waals surface area contributed by atoms with Gasteiger partial charge in [-0.1, -0.05) is 24.8 Å². The zero-order chi connectivity index (χ0) is 23.8. The first-order valence-corrected chi connectivity index (χ1v) is 9.96. The predicted molar refractivity (Wildman–Crippen MR) is 113 cm³/mol. The van der Waals surface area contributed by atoms with Gasteiger partial charge in [-0.15, -0.1) is 19.7 Å². The lowest BCUT2D eigenvalue weighted by Gasteiger charge is -2.39. The van der Waals surface area contributed by atoms with Gasteiger partial charge in [-0.25, -0.2) is 0 Å². The summed E-state index contributed by atoms with van der Waals surface area (Å²) in [6, 6.07) is 0. The maximum Gasteiger partial charge on any atom is 0.310 e. The molecule has 0 aromatic rings. The van der Waals surface area contributed by atoms with E-state index >= 15 is 0 Å². The second kappa shape index (κ2) is 11.3. The molecule has 1 fully saturated rings. The third-order valence-corrected chi connectivity index (χ3v) is 5.78. The molecule has 1 aliphatic rings. The lowest BCUT2D eigenvalue weighted by Crippen LogP contribution is -2.47. The molecule has 0 aliphatic heterocycles. The molecule has 0 heterocycles. The molecule has 31 heavy (non-hydrogen) atoms. The number of carbonyl (C=O) groups is 4. The van der Waals surface area contributed by atoms with Crippen molar-refractivity contribution in [1.29, 1.82) is 0 Å². The van der Waals surface area contributed by atoms with Crippen molar-refractivity contribution in [3.05, 3.63) is 50.1 Å². The van der Waals surface area contributed by atoms with Crippen molar-refractivity contribution >= 4 is 23.9 Å². The highest BCUT2D eigenvalue weighted by Gasteiger charge is 2.51. The fourth-order valence-corrected chi connectivity index (χ4v) is 4.05. The number of hydrogen-bond donors (Lipinski definition) is 3. The normalized spacial score (nSPS) is 23.2. The molecular formula is C23H30O8. The minimum atomic E-state index is -1.41. The fraction of sp³-hybridized carbons (Fsp3) is 0.478. The summed E-state index contributed by atoms with van der Waals surface area (Å²) in [7, 11) is 0. The Balaban J connectivity index is 3.31. The van der Waals surface area contributed by atoms with E-state index in [1.807, 2.05) is 0 Å². The smallest absolute Gasteiger partial charge is 0.310 e. The lowest BCUT2D eigenvalue weighted by molar-refractivity contribution is -0.176. The SMILES string of the molecule is C=CCCC(=C)C(CC=C)(CC=C)OC(=O)C1CC(C(=O)O)C(C(=O)O)CC1C(=O)O. The highest BCUT2D eigenvalue weighted by Crippen LogP contribution is 2.42. The van der Waals surface area contributed by atoms with Crippen LogP contribution in [0.1, 0.15) is 38.5 Å². The first-order chi connectivity index (χ1) is 14.5. The molecule has 0 radical (unpaired) electrons. The fourth-order valence-electron chi connectivity index (χ4n) is 4.05. The van der Waals surface area contributed by atoms with Gasteiger partial charge in [0.1, 0.15) is 5.60 Å². The number of carboxylic acid groups (broad SMARTS) is 3. The molecule has 1 aliphatic carbocycles. The molecule has 0 amide bonds. The van der Waals surface area contributed by atoms with Gasteiger partial charge in [0.25, 0.3) is 0 Å². The summed E-state index contributed by atoms with van der Waals surface area (Å²) in [5.74, 6) is -10.6. The van der Waals surface area contributed by atoms with Crippen LogP contribution in [-0.2, 0) is 23.9 Å². The average molecular weight is 434 g/mol. The number of aliphatic carboxylic acids is 3. The van der Waals surface area contributed by atoms with E-state index in [0.29, 0.717) is 18.4 Å². The molecule has 4 unspecified atom stereocenters. The van der Waals surface area contributed by atoms with Crippen LogP contribution in [0.3, 0.4) is 0 Å². The van der Waals surface area contributed by atoms with Crippen LogP contribution in [-0.4, -0.2) is 44.8 Å². The number of carbonyl (C=O) groups excluding carboxylic acids is 1. The largest absolute Gasteiger partial charge is 0.481 e. The topological polar surface area (TPSA) is 138 Å². The quantitative estimate of drug-likeness (QED) is 0.296. The van der Waals surface area contributed by atoms with Gasteiger partial charge in [-0.05, 0) is 31.3 Å². The van der Waals surface area contributed by atoms with Crippen molar-refractivity contribution in [3.8, 4) is 0 Å². The molecule has 3 N–H and O–H groups in total. The van der Waals surface area contributed by atoms with E-state index in [0.717, 1.165) is 0 Å². The number of allylic oxidation sites excluding steroid dienone is 1. The summed E-state index contributed by atoms with van der Waals surface area (Å²) in [6.07, 6.45) is 5.30. The van der Waals surface area contributed by atoms with E-state index in [9.17, 15) is 34.5 Å². The van der Waals surface area contributed by atoms with Gasteiger partial charge in [0.05, 0.1) is 23.7 Å². The highest BCUT2D eigenvalue weighted by atomic mass is 16.6. The third-order valence-electron chi connectivity index (χ3n) is 5.78. The second-order valence-corrected chi connectivity index (χ2v) is 7.74. The van der Waals surface area contributed by atoms with E-state index in [1.54, 1.807) is 18.2 Å². The number of ether oxygens (including phenoxy) is 1. The number of rotatable bonds is 13. The van der Waals surface area contributed by atoms with Crippen molar-refractivity contribution < 1.29 is 39.2 Å². The monoisotopic (exact) mass is 434 g/mol. The maximum atomic E-state index is 13.1. The summed E-state index contributed by atoms with van der Waals surface area (Å²) in [4.78, 5) is 48.0. The Hall–Kier alpha value is -3.16. The van der Waals surface area contributed by atoms with E-state index in [-0.39, 0.29) is 12.8 Å². The van der Waals surface area contributed by atoms with Gasteiger partial charge in [-0.2, -0.15) is 0 Å². The first kappa shape index (κ1) is 25.9. The maximum absolute atomic E-state index is 13.1. The zero-order valence-electron chi connectivity index (χ0n) is 17.5. The molecular weight excluding hydrogens is 404 g/mol. The zero-order valence-corrected chi connectivity index (χ0v) is 17.5. The average Bonchev–Trinajstić information content (AvgIpc) is 2.70. The Kier molecular flexibility index (Phi) is 9.42. The molecule has 0 aromatic heterocycles. The Bertz CT molecular complexity index is 756. The Morgan fingerprint density at radius 1 is 0.806 bits per heavy atom. The van der Waals surface area contributed by atoms with Crippen molar-refractivity contribution in [1.82, 2.24) is 0 Å². The summed E-state index contributed by atoms with van der Waals surface area (Å²) in [5.41, 5.74) is -0.643. The first-order valence-electron chi connectivity index (χ1n) is 9.96. The Labute approximate surface area is 181 Å². The summed E-state index contributed by atoms with van der Waals surface area (Å²) in [5, 5.41) is 28.4. The molecule has 1 rings (SSSR count). The number of hydrogen-bond acceptors (Lipinski definition) is 5. The third kappa shape index (κ3) is 6.16. The van der Waals surface area contributed by atoms with Gasteiger partial charge in [0.2, 0.25) is 0 Å². The van der Waals surface area contributed by atoms with E-state index in [2.05, 4.69) is 26.3 Å². The predicted octanol–water partition coefficient (Wildman–Crippen LogP) is 3.46. The van der Waals surface area contributed by atoms with Crippen LogP contribution in [0.2, 0.25) is 0 Å². The minimum absolute atomic E-state index is 0.200. The summed E-state index contributed by atoms with van der Waals surface area (Å²) in [6.45, 7) is 15.1. The molecule has 1 saturated carbocycles. The van der Waals surface area contributed by atoms with Crippen molar-refractivity contribution in [2.75, 3.05) is 0 Å². The summed E-state index contributed by atoms with van der Waals surface area (Å²) < 4.78 is 5.80. The van der Waals surface area contributed by atoms with Crippen LogP contribution in [0.5, 0.6) is 0 Å². The van der Waals surface area contributed by atoms with Gasteiger partial charge in [0.15, 0.2) is 0 Å². The number of carboxylic acids is 3. The minimum Gasteiger partial charge on any atom is -0.481 e. The molecule has 8 nitrogen and oxygen atoms in total. The van der Waals surface area contributed by atoms with Crippen LogP contribution in [0.15, 0.2) is 50.1 Å². The van der Waals surface area contributed by atoms with Gasteiger partial charge < -0.3 is 20.1 Å². The van der Waals surface area contributed by atoms with Crippen LogP contribution in [0.25, 0.3) is 0 Å². The van der Waals surface area contributed by atoms with E-state index in [1.165, 1.54) is 0 Å². The standard InChI is InChI=1S/C23H30O8/c1-5-8-9-14(4)23(10-6-2,11-7-3)31-22(30)18-13-16(20(26)27)15(19(24)25)12-17(18)21(28)29/h5-7,15-18H,1-4,8-13H2,(H,24,25)(H,26,27)(H,28,29). The second-order valence-electron chi connectivity index (χ2n) is 7.74. The number of esters is 1. The molecule has 0 spiro atoms. The van der Waals surface area contributed by atoms with E-state index < -0.39 is 66.0 Å².